The predicted molar refractivity (Wildman–Crippen MR) is 86.3 cm³/mol. The number of anilines is 1. The van der Waals surface area contributed by atoms with E-state index in [9.17, 15) is 22.8 Å². The van der Waals surface area contributed by atoms with Gasteiger partial charge in [0.2, 0.25) is 0 Å². The molecule has 0 atom stereocenters. The van der Waals surface area contributed by atoms with Crippen LogP contribution >= 0.6 is 0 Å². The highest BCUT2D eigenvalue weighted by atomic mass is 19.4. The summed E-state index contributed by atoms with van der Waals surface area (Å²) in [6.07, 6.45) is -3.81. The Hall–Kier alpha value is -3.30. The second-order valence-corrected chi connectivity index (χ2v) is 4.99. The molecular formula is C16H15F3N4O3. The Morgan fingerprint density at radius 2 is 1.85 bits per heavy atom. The first-order valence-corrected chi connectivity index (χ1v) is 7.30. The van der Waals surface area contributed by atoms with Crippen LogP contribution < -0.4 is 20.9 Å². The molecule has 138 valence electrons. The summed E-state index contributed by atoms with van der Waals surface area (Å²) in [4.78, 5) is 26.7. The summed E-state index contributed by atoms with van der Waals surface area (Å²) < 4.78 is 42.4. The zero-order valence-corrected chi connectivity index (χ0v) is 13.6. The normalized spacial score (nSPS) is 10.8. The highest BCUT2D eigenvalue weighted by Crippen LogP contribution is 2.27. The van der Waals surface area contributed by atoms with E-state index in [-0.39, 0.29) is 12.1 Å². The second-order valence-electron chi connectivity index (χ2n) is 4.99. The van der Waals surface area contributed by atoms with Crippen LogP contribution in [0.2, 0.25) is 0 Å². The number of ether oxygens (including phenoxy) is 1. The summed E-state index contributed by atoms with van der Waals surface area (Å²) in [5.74, 6) is -0.818. The van der Waals surface area contributed by atoms with Crippen molar-refractivity contribution >= 4 is 17.5 Å². The van der Waals surface area contributed by atoms with Crippen molar-refractivity contribution in [3.8, 4) is 5.75 Å². The Labute approximate surface area is 146 Å². The SMILES string of the molecule is COc1ccccc1NCC(=O)NNC(=O)c1ccc(C(F)(F)F)nc1. The molecule has 7 nitrogen and oxygen atoms in total. The third kappa shape index (κ3) is 5.10. The van der Waals surface area contributed by atoms with Crippen LogP contribution in [-0.2, 0) is 11.0 Å². The number of para-hydroxylation sites is 2. The van der Waals surface area contributed by atoms with Gasteiger partial charge in [0.15, 0.2) is 0 Å². The Morgan fingerprint density at radius 3 is 2.46 bits per heavy atom. The number of hydrogen-bond acceptors (Lipinski definition) is 5. The number of nitrogens with zero attached hydrogens (tertiary/aromatic N) is 1. The first-order chi connectivity index (χ1) is 12.3. The first kappa shape index (κ1) is 19.0. The van der Waals surface area contributed by atoms with E-state index in [4.69, 9.17) is 4.74 Å². The molecule has 2 rings (SSSR count). The molecule has 1 aromatic heterocycles. The molecule has 1 aromatic carbocycles. The number of carbonyl (C=O) groups is 2. The molecular weight excluding hydrogens is 353 g/mol. The maximum atomic E-state index is 12.4. The van der Waals surface area contributed by atoms with Gasteiger partial charge in [-0.1, -0.05) is 12.1 Å². The van der Waals surface area contributed by atoms with E-state index in [2.05, 4.69) is 21.2 Å². The predicted octanol–water partition coefficient (Wildman–Crippen LogP) is 1.98. The summed E-state index contributed by atoms with van der Waals surface area (Å²) in [5.41, 5.74) is 3.58. The number of hydrazine groups is 1. The van der Waals surface area contributed by atoms with Crippen molar-refractivity contribution in [2.75, 3.05) is 19.0 Å². The van der Waals surface area contributed by atoms with Gasteiger partial charge in [-0.25, -0.2) is 0 Å². The van der Waals surface area contributed by atoms with Gasteiger partial charge in [0, 0.05) is 6.20 Å². The zero-order chi connectivity index (χ0) is 19.2. The van der Waals surface area contributed by atoms with Gasteiger partial charge in [-0.15, -0.1) is 0 Å². The zero-order valence-electron chi connectivity index (χ0n) is 13.6. The Morgan fingerprint density at radius 1 is 1.12 bits per heavy atom. The van der Waals surface area contributed by atoms with E-state index >= 15 is 0 Å². The van der Waals surface area contributed by atoms with Crippen molar-refractivity contribution < 1.29 is 27.5 Å². The monoisotopic (exact) mass is 368 g/mol. The lowest BCUT2D eigenvalue weighted by Crippen LogP contribution is -2.44. The number of carbonyl (C=O) groups excluding carboxylic acids is 2. The van der Waals surface area contributed by atoms with Crippen LogP contribution in [0.5, 0.6) is 5.75 Å². The number of pyridine rings is 1. The van der Waals surface area contributed by atoms with Crippen LogP contribution in [0.4, 0.5) is 18.9 Å². The molecule has 0 aliphatic carbocycles. The van der Waals surface area contributed by atoms with Crippen molar-refractivity contribution in [1.29, 1.82) is 0 Å². The summed E-state index contributed by atoms with van der Waals surface area (Å²) in [7, 11) is 1.49. The van der Waals surface area contributed by atoms with Crippen LogP contribution in [0.1, 0.15) is 16.1 Å². The fourth-order valence-corrected chi connectivity index (χ4v) is 1.90. The van der Waals surface area contributed by atoms with Crippen molar-refractivity contribution in [1.82, 2.24) is 15.8 Å². The van der Waals surface area contributed by atoms with Crippen molar-refractivity contribution in [2.24, 2.45) is 0 Å². The van der Waals surface area contributed by atoms with Crippen molar-refractivity contribution in [3.63, 3.8) is 0 Å². The lowest BCUT2D eigenvalue weighted by Gasteiger charge is -2.11. The van der Waals surface area contributed by atoms with Crippen LogP contribution in [0.25, 0.3) is 0 Å². The van der Waals surface area contributed by atoms with E-state index in [0.717, 1.165) is 12.3 Å². The molecule has 0 aliphatic rings. The highest BCUT2D eigenvalue weighted by molar-refractivity contribution is 5.95. The van der Waals surface area contributed by atoms with Crippen LogP contribution in [0, 0.1) is 0 Å². The quantitative estimate of drug-likeness (QED) is 0.702. The largest absolute Gasteiger partial charge is 0.495 e. The van der Waals surface area contributed by atoms with E-state index < -0.39 is 23.7 Å². The van der Waals surface area contributed by atoms with Gasteiger partial charge in [0.05, 0.1) is 24.9 Å². The fourth-order valence-electron chi connectivity index (χ4n) is 1.90. The van der Waals surface area contributed by atoms with Crippen LogP contribution in [0.15, 0.2) is 42.6 Å². The molecule has 0 bridgehead atoms. The molecule has 0 aliphatic heterocycles. The third-order valence-electron chi connectivity index (χ3n) is 3.18. The Balaban J connectivity index is 1.84. The summed E-state index contributed by atoms with van der Waals surface area (Å²) >= 11 is 0. The molecule has 3 N–H and O–H groups in total. The van der Waals surface area contributed by atoms with Crippen LogP contribution in [0.3, 0.4) is 0 Å². The minimum atomic E-state index is -4.59. The maximum Gasteiger partial charge on any atom is 0.433 e. The maximum absolute atomic E-state index is 12.4. The molecule has 0 saturated heterocycles. The number of aromatic nitrogens is 1. The average molecular weight is 368 g/mol. The number of halogens is 3. The second kappa shape index (κ2) is 8.19. The van der Waals surface area contributed by atoms with Gasteiger partial charge >= 0.3 is 6.18 Å². The number of methoxy groups -OCH3 is 1. The molecule has 1 heterocycles. The van der Waals surface area contributed by atoms with Gasteiger partial charge < -0.3 is 10.1 Å². The number of benzene rings is 1. The standard InChI is InChI=1S/C16H15F3N4O3/c1-26-12-5-3-2-4-11(12)20-9-14(24)22-23-15(25)10-6-7-13(21-8-10)16(17,18)19/h2-8,20H,9H2,1H3,(H,22,24)(H,23,25). The number of alkyl halides is 3. The van der Waals surface area contributed by atoms with E-state index in [0.29, 0.717) is 17.5 Å². The smallest absolute Gasteiger partial charge is 0.433 e. The molecule has 10 heteroatoms. The summed E-state index contributed by atoms with van der Waals surface area (Å²) in [6, 6.07) is 8.58. The van der Waals surface area contributed by atoms with E-state index in [1.54, 1.807) is 24.3 Å². The Bertz CT molecular complexity index is 779. The van der Waals surface area contributed by atoms with Crippen molar-refractivity contribution in [3.05, 3.63) is 53.9 Å². The third-order valence-corrected chi connectivity index (χ3v) is 3.18. The average Bonchev–Trinajstić information content (AvgIpc) is 2.64. The molecule has 0 fully saturated rings. The summed E-state index contributed by atoms with van der Waals surface area (Å²) in [6.45, 7) is -0.161. The summed E-state index contributed by atoms with van der Waals surface area (Å²) in [5, 5.41) is 2.83. The van der Waals surface area contributed by atoms with Gasteiger partial charge in [0.1, 0.15) is 11.4 Å². The fraction of sp³-hybridized carbons (Fsp3) is 0.188. The number of hydrogen-bond donors (Lipinski definition) is 3. The van der Waals surface area contributed by atoms with Gasteiger partial charge in [-0.3, -0.25) is 25.4 Å². The van der Waals surface area contributed by atoms with Gasteiger partial charge in [-0.2, -0.15) is 13.2 Å². The minimum Gasteiger partial charge on any atom is -0.495 e. The first-order valence-electron chi connectivity index (χ1n) is 7.30. The lowest BCUT2D eigenvalue weighted by atomic mass is 10.2. The van der Waals surface area contributed by atoms with E-state index in [1.165, 1.54) is 7.11 Å². The topological polar surface area (TPSA) is 92.4 Å². The van der Waals surface area contributed by atoms with Gasteiger partial charge in [-0.05, 0) is 24.3 Å². The minimum absolute atomic E-state index is 0.129. The molecule has 26 heavy (non-hydrogen) atoms. The molecule has 2 amide bonds. The highest BCUT2D eigenvalue weighted by Gasteiger charge is 2.32. The van der Waals surface area contributed by atoms with E-state index in [1.807, 2.05) is 0 Å². The van der Waals surface area contributed by atoms with Gasteiger partial charge in [0.25, 0.3) is 11.8 Å². The lowest BCUT2D eigenvalue weighted by molar-refractivity contribution is -0.141. The number of nitrogens with one attached hydrogen (secondary N) is 3. The van der Waals surface area contributed by atoms with Crippen molar-refractivity contribution in [2.45, 2.75) is 6.18 Å². The molecule has 0 spiro atoms. The molecule has 0 saturated carbocycles. The Kier molecular flexibility index (Phi) is 5.99. The molecule has 0 radical (unpaired) electrons. The molecule has 2 aromatic rings. The molecule has 0 unspecified atom stereocenters. The number of rotatable bonds is 5. The number of amides is 2. The van der Waals surface area contributed by atoms with Crippen LogP contribution in [-0.4, -0.2) is 30.5 Å².